The third-order valence-corrected chi connectivity index (χ3v) is 6.63. The number of piperazine rings is 1. The first-order valence-corrected chi connectivity index (χ1v) is 10.8. The fraction of sp³-hybridized carbons (Fsp3) is 0.524. The number of carbonyl (C=O) groups excluding carboxylic acids is 1. The van der Waals surface area contributed by atoms with E-state index in [-0.39, 0.29) is 5.91 Å². The molecule has 1 aromatic carbocycles. The molecule has 0 bridgehead atoms. The van der Waals surface area contributed by atoms with Crippen molar-refractivity contribution in [1.29, 1.82) is 0 Å². The zero-order valence-electron chi connectivity index (χ0n) is 16.6. The number of nitrogens with one attached hydrogen (secondary N) is 1. The van der Waals surface area contributed by atoms with Crippen molar-refractivity contribution >= 4 is 28.1 Å². The molecular weight excluding hydrogens is 372 g/mol. The fourth-order valence-electron chi connectivity index (χ4n) is 3.93. The number of benzene rings is 1. The Hall–Kier alpha value is -2.12. The van der Waals surface area contributed by atoms with E-state index in [1.54, 1.807) is 18.4 Å². The summed E-state index contributed by atoms with van der Waals surface area (Å²) in [5, 5.41) is 3.78. The molecular formula is C21H28N4O2S. The van der Waals surface area contributed by atoms with Crippen molar-refractivity contribution in [1.82, 2.24) is 9.88 Å². The van der Waals surface area contributed by atoms with Crippen LogP contribution in [0.4, 0.5) is 10.8 Å². The number of ether oxygens (including phenoxy) is 1. The summed E-state index contributed by atoms with van der Waals surface area (Å²) in [5.74, 6) is 1.63. The summed E-state index contributed by atoms with van der Waals surface area (Å²) >= 11 is 1.65. The maximum Gasteiger partial charge on any atom is 0.240 e. The molecule has 0 radical (unpaired) electrons. The van der Waals surface area contributed by atoms with Crippen molar-refractivity contribution < 1.29 is 9.53 Å². The van der Waals surface area contributed by atoms with Gasteiger partial charge in [-0.15, -0.1) is 11.3 Å². The van der Waals surface area contributed by atoms with Crippen LogP contribution in [0.2, 0.25) is 0 Å². The lowest BCUT2D eigenvalue weighted by Gasteiger charge is -2.35. The topological polar surface area (TPSA) is 57.7 Å². The highest BCUT2D eigenvalue weighted by atomic mass is 32.1. The van der Waals surface area contributed by atoms with Gasteiger partial charge in [-0.2, -0.15) is 0 Å². The summed E-state index contributed by atoms with van der Waals surface area (Å²) in [4.78, 5) is 23.0. The lowest BCUT2D eigenvalue weighted by molar-refractivity contribution is -0.117. The van der Waals surface area contributed by atoms with Crippen molar-refractivity contribution in [3.05, 3.63) is 34.8 Å². The molecule has 1 aromatic heterocycles. The summed E-state index contributed by atoms with van der Waals surface area (Å²) in [6.07, 6.45) is 3.33. The molecule has 1 N–H and O–H groups in total. The largest absolute Gasteiger partial charge is 0.497 e. The highest BCUT2D eigenvalue weighted by Crippen LogP contribution is 2.32. The van der Waals surface area contributed by atoms with E-state index in [1.807, 2.05) is 12.1 Å². The molecule has 1 fully saturated rings. The average molecular weight is 401 g/mol. The number of methoxy groups -OCH3 is 1. The molecule has 6 nitrogen and oxygen atoms in total. The van der Waals surface area contributed by atoms with E-state index in [9.17, 15) is 4.79 Å². The van der Waals surface area contributed by atoms with Crippen molar-refractivity contribution in [2.24, 2.45) is 5.92 Å². The minimum Gasteiger partial charge on any atom is -0.497 e. The molecule has 150 valence electrons. The van der Waals surface area contributed by atoms with Crippen LogP contribution in [0.1, 0.15) is 23.9 Å². The number of hydrogen-bond acceptors (Lipinski definition) is 6. The number of aryl methyl sites for hydroxylation is 1. The lowest BCUT2D eigenvalue weighted by atomic mass is 9.93. The molecule has 1 aliphatic carbocycles. The second kappa shape index (κ2) is 8.49. The summed E-state index contributed by atoms with van der Waals surface area (Å²) < 4.78 is 5.32. The van der Waals surface area contributed by atoms with Crippen LogP contribution in [-0.2, 0) is 17.6 Å². The maximum absolute atomic E-state index is 12.5. The summed E-state index contributed by atoms with van der Waals surface area (Å²) in [5.41, 5.74) is 2.36. The molecule has 7 heteroatoms. The number of rotatable bonds is 5. The number of thiazole rings is 1. The van der Waals surface area contributed by atoms with Gasteiger partial charge in [0.25, 0.3) is 0 Å². The molecule has 0 spiro atoms. The number of hydrogen-bond donors (Lipinski definition) is 1. The van der Waals surface area contributed by atoms with Crippen LogP contribution < -0.4 is 15.0 Å². The van der Waals surface area contributed by atoms with Crippen LogP contribution in [0.15, 0.2) is 24.3 Å². The lowest BCUT2D eigenvalue weighted by Crippen LogP contribution is -2.48. The SMILES string of the molecule is COc1cccc(N2CCN(CC(=O)Nc3nc4c(s3)C[C@@H](C)CC4)CC2)c1. The quantitative estimate of drug-likeness (QED) is 0.836. The van der Waals surface area contributed by atoms with Gasteiger partial charge < -0.3 is 15.0 Å². The molecule has 1 aliphatic heterocycles. The first kappa shape index (κ1) is 19.2. The number of nitrogens with zero attached hydrogens (tertiary/aromatic N) is 3. The van der Waals surface area contributed by atoms with Gasteiger partial charge in [-0.05, 0) is 37.3 Å². The first-order chi connectivity index (χ1) is 13.6. The third kappa shape index (κ3) is 4.47. The van der Waals surface area contributed by atoms with Crippen molar-refractivity contribution in [3.8, 4) is 5.75 Å². The number of carbonyl (C=O) groups is 1. The van der Waals surface area contributed by atoms with Crippen LogP contribution >= 0.6 is 11.3 Å². The Balaban J connectivity index is 1.27. The molecule has 2 aromatic rings. The second-order valence-electron chi connectivity index (χ2n) is 7.75. The van der Waals surface area contributed by atoms with E-state index in [2.05, 4.69) is 39.2 Å². The standard InChI is InChI=1S/C21H28N4O2S/c1-15-6-7-18-19(12-15)28-21(22-18)23-20(26)14-24-8-10-25(11-9-24)16-4-3-5-17(13-16)27-2/h3-5,13,15H,6-12,14H2,1-2H3,(H,22,23,26)/t15-/m0/s1. The summed E-state index contributed by atoms with van der Waals surface area (Å²) in [7, 11) is 1.69. The van der Waals surface area contributed by atoms with E-state index < -0.39 is 0 Å². The van der Waals surface area contributed by atoms with Gasteiger partial charge in [0.15, 0.2) is 5.13 Å². The smallest absolute Gasteiger partial charge is 0.240 e. The van der Waals surface area contributed by atoms with Gasteiger partial charge in [0, 0.05) is 42.8 Å². The Labute approximate surface area is 170 Å². The third-order valence-electron chi connectivity index (χ3n) is 5.59. The predicted molar refractivity (Wildman–Crippen MR) is 114 cm³/mol. The Kier molecular flexibility index (Phi) is 5.82. The Morgan fingerprint density at radius 1 is 1.32 bits per heavy atom. The van der Waals surface area contributed by atoms with E-state index in [4.69, 9.17) is 4.74 Å². The van der Waals surface area contributed by atoms with Crippen molar-refractivity contribution in [2.75, 3.05) is 50.1 Å². The highest BCUT2D eigenvalue weighted by Gasteiger charge is 2.22. The molecule has 2 heterocycles. The molecule has 1 amide bonds. The van der Waals surface area contributed by atoms with Crippen LogP contribution in [-0.4, -0.2) is 55.6 Å². The number of fused-ring (bicyclic) bond motifs is 1. The highest BCUT2D eigenvalue weighted by molar-refractivity contribution is 7.15. The van der Waals surface area contributed by atoms with Crippen molar-refractivity contribution in [3.63, 3.8) is 0 Å². The zero-order valence-corrected chi connectivity index (χ0v) is 17.4. The number of amides is 1. The number of anilines is 2. The first-order valence-electron chi connectivity index (χ1n) is 10.0. The Bertz CT molecular complexity index is 830. The van der Waals surface area contributed by atoms with E-state index in [1.165, 1.54) is 22.7 Å². The van der Waals surface area contributed by atoms with Crippen LogP contribution in [0.25, 0.3) is 0 Å². The summed E-state index contributed by atoms with van der Waals surface area (Å²) in [6, 6.07) is 8.15. The van der Waals surface area contributed by atoms with Gasteiger partial charge in [0.2, 0.25) is 5.91 Å². The number of aromatic nitrogens is 1. The molecule has 28 heavy (non-hydrogen) atoms. The zero-order chi connectivity index (χ0) is 19.5. The molecule has 4 rings (SSSR count). The van der Waals surface area contributed by atoms with Crippen LogP contribution in [0.3, 0.4) is 0 Å². The van der Waals surface area contributed by atoms with Gasteiger partial charge in [0.1, 0.15) is 5.75 Å². The summed E-state index contributed by atoms with van der Waals surface area (Å²) in [6.45, 7) is 6.26. The van der Waals surface area contributed by atoms with Gasteiger partial charge >= 0.3 is 0 Å². The van der Waals surface area contributed by atoms with Gasteiger partial charge in [-0.1, -0.05) is 13.0 Å². The second-order valence-corrected chi connectivity index (χ2v) is 8.83. The average Bonchev–Trinajstić information content (AvgIpc) is 3.09. The van der Waals surface area contributed by atoms with Gasteiger partial charge in [0.05, 0.1) is 19.3 Å². The van der Waals surface area contributed by atoms with Gasteiger partial charge in [-0.3, -0.25) is 9.69 Å². The molecule has 0 saturated carbocycles. The van der Waals surface area contributed by atoms with E-state index in [0.717, 1.165) is 55.8 Å². The Morgan fingerprint density at radius 2 is 2.14 bits per heavy atom. The van der Waals surface area contributed by atoms with E-state index >= 15 is 0 Å². The molecule has 1 atom stereocenters. The minimum absolute atomic E-state index is 0.0361. The van der Waals surface area contributed by atoms with Crippen molar-refractivity contribution in [2.45, 2.75) is 26.2 Å². The monoisotopic (exact) mass is 400 g/mol. The van der Waals surface area contributed by atoms with E-state index in [0.29, 0.717) is 6.54 Å². The van der Waals surface area contributed by atoms with Gasteiger partial charge in [-0.25, -0.2) is 4.98 Å². The fourth-order valence-corrected chi connectivity index (χ4v) is 5.11. The Morgan fingerprint density at radius 3 is 2.93 bits per heavy atom. The normalized spacial score (nSPS) is 19.9. The molecule has 2 aliphatic rings. The maximum atomic E-state index is 12.5. The van der Waals surface area contributed by atoms with Crippen LogP contribution in [0.5, 0.6) is 5.75 Å². The minimum atomic E-state index is 0.0361. The van der Waals surface area contributed by atoms with Crippen LogP contribution in [0, 0.1) is 5.92 Å². The molecule has 0 unspecified atom stereocenters. The molecule has 1 saturated heterocycles. The predicted octanol–water partition coefficient (Wildman–Crippen LogP) is 3.04.